The van der Waals surface area contributed by atoms with Gasteiger partial charge < -0.3 is 23.7 Å². The summed E-state index contributed by atoms with van der Waals surface area (Å²) in [6, 6.07) is 63.6. The lowest BCUT2D eigenvalue weighted by molar-refractivity contribution is 0.665. The van der Waals surface area contributed by atoms with E-state index in [9.17, 15) is 0 Å². The average molecular weight is 860 g/mol. The molecule has 4 aromatic heterocycles. The first-order valence-corrected chi connectivity index (χ1v) is 22.6. The molecule has 5 heteroatoms. The van der Waals surface area contributed by atoms with Gasteiger partial charge in [0.1, 0.15) is 22.3 Å². The maximum absolute atomic E-state index is 5.84. The van der Waals surface area contributed by atoms with E-state index in [0.717, 1.165) is 28.0 Å². The standard InChI is InChI=1S/C20H17N.2C14H12O.C13H12N2/c1-14-8-10-19-17(12-14)18-13-15(2)9-11-20(18)21(19)16-6-4-3-5-7-16;1-9-3-5-13-11(7-9)12-8-10(2)4-6-14(12)15-13;1-9-6-7-13-12(8-9)11-5-3-4-10(2)14(11)15-13;1-15-12-5-3-2-4-10(12)11-8-9(14)6-7-13(11)15/h3-13H,1-2H3;2*3-8H,1-2H3;2-8H,14H2,1H3. The maximum Gasteiger partial charge on any atom is 0.138 e. The molecule has 5 nitrogen and oxygen atoms in total. The SMILES string of the molecule is Cc1ccc2c(c1)c1cc(C)ccc1n2-c1ccccc1.Cc1ccc2oc3c(C)cccc3c2c1.Cc1ccc2oc3ccc(C)cc3c2c1.Cn1c2ccccc2c2cc(N)ccc21. The van der Waals surface area contributed by atoms with Crippen LogP contribution in [-0.2, 0) is 7.05 Å². The largest absolute Gasteiger partial charge is 0.456 e. The minimum Gasteiger partial charge on any atom is -0.456 e. The lowest BCUT2D eigenvalue weighted by Gasteiger charge is -2.07. The van der Waals surface area contributed by atoms with Gasteiger partial charge in [-0.15, -0.1) is 0 Å². The molecule has 66 heavy (non-hydrogen) atoms. The number of hydrogen-bond acceptors (Lipinski definition) is 3. The molecule has 13 rings (SSSR count). The summed E-state index contributed by atoms with van der Waals surface area (Å²) >= 11 is 0. The summed E-state index contributed by atoms with van der Waals surface area (Å²) in [5, 5.41) is 10.0. The Morgan fingerprint density at radius 1 is 0.348 bits per heavy atom. The summed E-state index contributed by atoms with van der Waals surface area (Å²) in [6.07, 6.45) is 0. The van der Waals surface area contributed by atoms with Gasteiger partial charge in [-0.1, -0.05) is 113 Å². The van der Waals surface area contributed by atoms with E-state index in [-0.39, 0.29) is 0 Å². The fourth-order valence-electron chi connectivity index (χ4n) is 9.35. The molecule has 324 valence electrons. The van der Waals surface area contributed by atoms with Crippen LogP contribution < -0.4 is 5.73 Å². The number of furan rings is 2. The average Bonchev–Trinajstić information content (AvgIpc) is 4.05. The number of nitrogen functional groups attached to an aromatic ring is 1. The third-order valence-corrected chi connectivity index (χ3v) is 12.7. The summed E-state index contributed by atoms with van der Waals surface area (Å²) < 4.78 is 16.1. The number of aromatic nitrogens is 2. The monoisotopic (exact) mass is 859 g/mol. The van der Waals surface area contributed by atoms with E-state index in [1.165, 1.54) is 104 Å². The van der Waals surface area contributed by atoms with Crippen LogP contribution >= 0.6 is 0 Å². The van der Waals surface area contributed by atoms with Crippen molar-refractivity contribution in [2.24, 2.45) is 7.05 Å². The predicted octanol–water partition coefficient (Wildman–Crippen LogP) is 16.7. The third-order valence-electron chi connectivity index (χ3n) is 12.7. The van der Waals surface area contributed by atoms with Crippen LogP contribution in [0.3, 0.4) is 0 Å². The minimum absolute atomic E-state index is 0.818. The molecule has 0 aliphatic heterocycles. The smallest absolute Gasteiger partial charge is 0.138 e. The van der Waals surface area contributed by atoms with Crippen molar-refractivity contribution in [1.29, 1.82) is 0 Å². The molecule has 0 fully saturated rings. The maximum atomic E-state index is 5.84. The molecule has 0 aliphatic carbocycles. The summed E-state index contributed by atoms with van der Waals surface area (Å²) in [7, 11) is 2.08. The fraction of sp³-hybridized carbons (Fsp3) is 0.115. The van der Waals surface area contributed by atoms with Gasteiger partial charge in [0.25, 0.3) is 0 Å². The molecule has 0 saturated carbocycles. The summed E-state index contributed by atoms with van der Waals surface area (Å²) in [4.78, 5) is 0. The van der Waals surface area contributed by atoms with E-state index in [2.05, 4.69) is 209 Å². The lowest BCUT2D eigenvalue weighted by Crippen LogP contribution is -1.92. The Morgan fingerprint density at radius 2 is 0.788 bits per heavy atom. The van der Waals surface area contributed by atoms with E-state index in [1.807, 2.05) is 30.3 Å². The van der Waals surface area contributed by atoms with Crippen LogP contribution in [0.5, 0.6) is 0 Å². The zero-order chi connectivity index (χ0) is 45.6. The molecule has 9 aromatic carbocycles. The van der Waals surface area contributed by atoms with Crippen molar-refractivity contribution < 1.29 is 8.83 Å². The van der Waals surface area contributed by atoms with Gasteiger partial charge in [-0.3, -0.25) is 0 Å². The molecule has 0 aliphatic rings. The first kappa shape index (κ1) is 42.0. The number of para-hydroxylation sites is 3. The number of aryl methyl sites for hydroxylation is 7. The summed E-state index contributed by atoms with van der Waals surface area (Å²) in [5.74, 6) is 0. The molecule has 0 amide bonds. The van der Waals surface area contributed by atoms with Crippen molar-refractivity contribution in [3.8, 4) is 5.69 Å². The van der Waals surface area contributed by atoms with Gasteiger partial charge in [0.05, 0.1) is 11.0 Å². The zero-order valence-electron chi connectivity index (χ0n) is 38.6. The van der Waals surface area contributed by atoms with Crippen molar-refractivity contribution in [3.05, 3.63) is 215 Å². The summed E-state index contributed by atoms with van der Waals surface area (Å²) in [6.45, 7) is 12.7. The van der Waals surface area contributed by atoms with Crippen molar-refractivity contribution in [1.82, 2.24) is 9.13 Å². The minimum atomic E-state index is 0.818. The van der Waals surface area contributed by atoms with Gasteiger partial charge in [-0.25, -0.2) is 0 Å². The fourth-order valence-corrected chi connectivity index (χ4v) is 9.35. The first-order valence-electron chi connectivity index (χ1n) is 22.6. The molecule has 2 N–H and O–H groups in total. The summed E-state index contributed by atoms with van der Waals surface area (Å²) in [5.41, 5.74) is 24.4. The molecule has 0 bridgehead atoms. The first-order chi connectivity index (χ1) is 32.0. The Morgan fingerprint density at radius 3 is 1.38 bits per heavy atom. The highest BCUT2D eigenvalue weighted by molar-refractivity contribution is 6.11. The number of nitrogens with zero attached hydrogens (tertiary/aromatic N) is 2. The van der Waals surface area contributed by atoms with E-state index >= 15 is 0 Å². The van der Waals surface area contributed by atoms with Crippen LogP contribution in [0.15, 0.2) is 191 Å². The predicted molar refractivity (Wildman–Crippen MR) is 281 cm³/mol. The molecule has 0 unspecified atom stereocenters. The van der Waals surface area contributed by atoms with Crippen molar-refractivity contribution in [2.45, 2.75) is 41.5 Å². The van der Waals surface area contributed by atoms with Gasteiger partial charge in [0, 0.05) is 72.5 Å². The second-order valence-electron chi connectivity index (χ2n) is 17.7. The number of nitrogens with two attached hydrogens (primary N) is 1. The molecular weight excluding hydrogens is 807 g/mol. The van der Waals surface area contributed by atoms with Gasteiger partial charge in [-0.05, 0) is 144 Å². The van der Waals surface area contributed by atoms with Crippen LogP contribution in [0.1, 0.15) is 33.4 Å². The highest BCUT2D eigenvalue weighted by Gasteiger charge is 2.13. The number of hydrogen-bond donors (Lipinski definition) is 1. The van der Waals surface area contributed by atoms with Crippen molar-refractivity contribution in [3.63, 3.8) is 0 Å². The Bertz CT molecular complexity index is 3780. The number of benzene rings is 9. The molecule has 0 saturated heterocycles. The van der Waals surface area contributed by atoms with Gasteiger partial charge in [-0.2, -0.15) is 0 Å². The normalized spacial score (nSPS) is 11.3. The molecule has 0 radical (unpaired) electrons. The Balaban J connectivity index is 0.000000105. The molecule has 0 spiro atoms. The Kier molecular flexibility index (Phi) is 10.9. The Hall–Kier alpha value is -8.02. The van der Waals surface area contributed by atoms with E-state index in [0.29, 0.717) is 0 Å². The lowest BCUT2D eigenvalue weighted by atomic mass is 10.1. The molecular formula is C61H53N3O2. The Labute approximate surface area is 384 Å². The van der Waals surface area contributed by atoms with Gasteiger partial charge in [0.15, 0.2) is 0 Å². The molecule has 4 heterocycles. The molecule has 0 atom stereocenters. The topological polar surface area (TPSA) is 62.2 Å². The highest BCUT2D eigenvalue weighted by Crippen LogP contribution is 2.35. The zero-order valence-corrected chi connectivity index (χ0v) is 38.6. The number of fused-ring (bicyclic) bond motifs is 12. The van der Waals surface area contributed by atoms with Crippen LogP contribution in [0.25, 0.3) is 93.2 Å². The van der Waals surface area contributed by atoms with Crippen LogP contribution in [0, 0.1) is 41.5 Å². The van der Waals surface area contributed by atoms with E-state index < -0.39 is 0 Å². The van der Waals surface area contributed by atoms with Crippen molar-refractivity contribution >= 4 is 93.2 Å². The van der Waals surface area contributed by atoms with Crippen LogP contribution in [-0.4, -0.2) is 9.13 Å². The van der Waals surface area contributed by atoms with Gasteiger partial charge in [0.2, 0.25) is 0 Å². The van der Waals surface area contributed by atoms with Crippen LogP contribution in [0.2, 0.25) is 0 Å². The van der Waals surface area contributed by atoms with Crippen LogP contribution in [0.4, 0.5) is 5.69 Å². The third kappa shape index (κ3) is 7.83. The second kappa shape index (κ2) is 17.2. The van der Waals surface area contributed by atoms with Crippen molar-refractivity contribution in [2.75, 3.05) is 5.73 Å². The highest BCUT2D eigenvalue weighted by atomic mass is 16.3. The molecule has 13 aromatic rings. The number of anilines is 1. The second-order valence-corrected chi connectivity index (χ2v) is 17.7. The quantitative estimate of drug-likeness (QED) is 0.167. The van der Waals surface area contributed by atoms with E-state index in [1.54, 1.807) is 0 Å². The van der Waals surface area contributed by atoms with Gasteiger partial charge >= 0.3 is 0 Å². The number of rotatable bonds is 1. The van der Waals surface area contributed by atoms with E-state index in [4.69, 9.17) is 14.6 Å².